The summed E-state index contributed by atoms with van der Waals surface area (Å²) in [6.45, 7) is 1.95. The van der Waals surface area contributed by atoms with Crippen LogP contribution >= 0.6 is 0 Å². The molecule has 2 atom stereocenters. The molecule has 1 aromatic carbocycles. The second-order valence-electron chi connectivity index (χ2n) is 16.3. The molecule has 0 amide bonds. The summed E-state index contributed by atoms with van der Waals surface area (Å²) in [4.78, 5) is 24.9. The average molecular weight is 923 g/mol. The van der Waals surface area contributed by atoms with E-state index in [1.807, 2.05) is 0 Å². The van der Waals surface area contributed by atoms with Gasteiger partial charge in [0.25, 0.3) is 0 Å². The molecule has 362 valence electrons. The van der Waals surface area contributed by atoms with Crippen LogP contribution in [0.2, 0.25) is 0 Å². The molecule has 0 radical (unpaired) electrons. The third-order valence-corrected chi connectivity index (χ3v) is 12.2. The van der Waals surface area contributed by atoms with Crippen LogP contribution in [0.3, 0.4) is 0 Å². The molecule has 0 saturated heterocycles. The van der Waals surface area contributed by atoms with Crippen molar-refractivity contribution in [3.8, 4) is 0 Å². The Morgan fingerprint density at radius 2 is 0.645 bits per heavy atom. The highest BCUT2D eigenvalue weighted by atomic mass is 32.3. The van der Waals surface area contributed by atoms with E-state index in [0.717, 1.165) is 38.5 Å². The Kier molecular flexibility index (Phi) is 35.6. The minimum atomic E-state index is -4.33. The summed E-state index contributed by atoms with van der Waals surface area (Å²) < 4.78 is 77.3. The fraction of sp³-hybridized carbons (Fsp3) is 0.826. The molecule has 0 fully saturated rings. The molecule has 2 unspecified atom stereocenters. The zero-order chi connectivity index (χ0) is 45.6. The molecule has 0 aliphatic heterocycles. The maximum atomic E-state index is 12.4. The first-order valence-electron chi connectivity index (χ1n) is 23.8. The molecule has 0 bridgehead atoms. The lowest BCUT2D eigenvalue weighted by Crippen LogP contribution is -2.26. The first-order chi connectivity index (χ1) is 29.9. The highest BCUT2D eigenvalue weighted by Gasteiger charge is 2.20. The molecule has 0 aliphatic carbocycles. The van der Waals surface area contributed by atoms with Gasteiger partial charge in [-0.1, -0.05) is 181 Å². The molecule has 62 heavy (non-hydrogen) atoms. The smallest absolute Gasteiger partial charge is 0.399 e. The number of esters is 2. The number of rotatable bonds is 44. The second kappa shape index (κ2) is 38.1. The lowest BCUT2D eigenvalue weighted by molar-refractivity contribution is 0.0109. The van der Waals surface area contributed by atoms with Gasteiger partial charge in [0.05, 0.1) is 37.6 Å². The average Bonchev–Trinajstić information content (AvgIpc) is 3.26. The fourth-order valence-corrected chi connectivity index (χ4v) is 8.08. The maximum absolute atomic E-state index is 12.4. The summed E-state index contributed by atoms with van der Waals surface area (Å²) in [7, 11) is -8.66. The largest absolute Gasteiger partial charge is 0.459 e. The summed E-state index contributed by atoms with van der Waals surface area (Å²) >= 11 is 0. The van der Waals surface area contributed by atoms with Gasteiger partial charge in [0.2, 0.25) is 0 Å². The molecule has 0 spiro atoms. The van der Waals surface area contributed by atoms with Crippen molar-refractivity contribution in [3.05, 3.63) is 35.4 Å². The highest BCUT2D eigenvalue weighted by Crippen LogP contribution is 2.16. The molecule has 0 saturated carbocycles. The van der Waals surface area contributed by atoms with E-state index in [1.54, 1.807) is 0 Å². The van der Waals surface area contributed by atoms with E-state index in [1.165, 1.54) is 153 Å². The Hall–Kier alpha value is -2.18. The minimum absolute atomic E-state index is 0.0244. The molecule has 2 N–H and O–H groups in total. The Labute approximate surface area is 375 Å². The van der Waals surface area contributed by atoms with E-state index in [4.69, 9.17) is 26.2 Å². The first kappa shape index (κ1) is 57.8. The molecule has 0 aromatic heterocycles. The predicted octanol–water partition coefficient (Wildman–Crippen LogP) is 10.2. The van der Waals surface area contributed by atoms with E-state index in [0.29, 0.717) is 12.8 Å². The van der Waals surface area contributed by atoms with Crippen molar-refractivity contribution in [1.82, 2.24) is 0 Å². The molecular formula is C46H82O14S2. The van der Waals surface area contributed by atoms with Gasteiger partial charge in [-0.25, -0.2) is 26.3 Å². The summed E-state index contributed by atoms with van der Waals surface area (Å²) in [5.74, 6) is -1.69. The number of aliphatic hydroxyl groups excluding tert-OH is 2. The van der Waals surface area contributed by atoms with Crippen molar-refractivity contribution in [2.75, 3.05) is 39.6 Å². The van der Waals surface area contributed by atoms with E-state index in [9.17, 15) is 36.6 Å². The Bertz CT molecular complexity index is 1350. The van der Waals surface area contributed by atoms with Crippen LogP contribution in [0.5, 0.6) is 0 Å². The number of unbranched alkanes of at least 4 members (excludes halogenated alkanes) is 26. The Morgan fingerprint density at radius 3 is 0.903 bits per heavy atom. The number of ether oxygens (including phenoxy) is 2. The molecule has 14 nitrogen and oxygen atoms in total. The quantitative estimate of drug-likeness (QED) is 0.0463. The van der Waals surface area contributed by atoms with Gasteiger partial charge in [-0.3, -0.25) is 0 Å². The van der Waals surface area contributed by atoms with E-state index in [2.05, 4.69) is 13.8 Å². The van der Waals surface area contributed by atoms with Crippen molar-refractivity contribution < 1.29 is 62.8 Å². The molecule has 16 heteroatoms. The molecular weight excluding hydrogens is 841 g/mol. The summed E-state index contributed by atoms with van der Waals surface area (Å²) in [5.41, 5.74) is 0.0676. The molecule has 0 aliphatic rings. The van der Waals surface area contributed by atoms with Gasteiger partial charge >= 0.3 is 32.7 Å². The van der Waals surface area contributed by atoms with Gasteiger partial charge < -0.3 is 19.7 Å². The first-order valence-corrected chi connectivity index (χ1v) is 26.4. The summed E-state index contributed by atoms with van der Waals surface area (Å²) in [5, 5.41) is 20.2. The number of carbonyl (C=O) groups is 2. The minimum Gasteiger partial charge on any atom is -0.459 e. The van der Waals surface area contributed by atoms with Gasteiger partial charge in [-0.15, -0.1) is 0 Å². The lowest BCUT2D eigenvalue weighted by Gasteiger charge is -2.13. The topological polar surface area (TPSA) is 198 Å². The van der Waals surface area contributed by atoms with Gasteiger partial charge in [-0.05, 0) is 37.1 Å². The van der Waals surface area contributed by atoms with Crippen LogP contribution in [-0.2, 0) is 47.0 Å². The number of carbonyl (C=O) groups excluding carboxylic acids is 2. The summed E-state index contributed by atoms with van der Waals surface area (Å²) in [6.07, 6.45) is 30.0. The van der Waals surface area contributed by atoms with Crippen LogP contribution in [0, 0.1) is 0 Å². The number of aliphatic hydroxyl groups is 2. The predicted molar refractivity (Wildman–Crippen MR) is 241 cm³/mol. The lowest BCUT2D eigenvalue weighted by atomic mass is 10.0. The second-order valence-corrected chi connectivity index (χ2v) is 18.9. The van der Waals surface area contributed by atoms with Crippen molar-refractivity contribution in [3.63, 3.8) is 0 Å². The van der Waals surface area contributed by atoms with Crippen LogP contribution in [0.25, 0.3) is 0 Å². The van der Waals surface area contributed by atoms with Gasteiger partial charge in [0, 0.05) is 0 Å². The fourth-order valence-electron chi connectivity index (χ4n) is 6.66. The SMILES string of the molecule is CCCCCCCCCCCCCCCCOS(=O)(=O)OCC(O)COC(=O)c1ccc(C(=O)OCC(O)COS(=O)(=O)OCCCCCCCCCCCCCCCC)cc1. The Morgan fingerprint density at radius 1 is 0.403 bits per heavy atom. The third kappa shape index (κ3) is 34.3. The molecule has 0 heterocycles. The zero-order valence-electron chi connectivity index (χ0n) is 38.1. The Balaban J connectivity index is 2.13. The van der Waals surface area contributed by atoms with Gasteiger partial charge in [0.15, 0.2) is 0 Å². The monoisotopic (exact) mass is 923 g/mol. The molecule has 1 rings (SSSR count). The third-order valence-electron chi connectivity index (χ3n) is 10.4. The number of benzene rings is 1. The van der Waals surface area contributed by atoms with E-state index >= 15 is 0 Å². The molecule has 1 aromatic rings. The van der Waals surface area contributed by atoms with Crippen molar-refractivity contribution >= 4 is 32.7 Å². The number of hydrogen-bond donors (Lipinski definition) is 2. The standard InChI is InChI=1S/C46H82O14S2/c1-3-5-7-9-11-13-15-17-19-21-23-25-27-29-35-57-61(51,52)59-39-43(47)37-55-45(49)41-31-33-42(34-32-41)46(50)56-38-44(48)40-60-62(53,54)58-36-30-28-26-24-22-20-18-16-14-12-10-8-6-4-2/h31-34,43-44,47-48H,3-30,35-40H2,1-2H3. The van der Waals surface area contributed by atoms with Gasteiger partial charge in [-0.2, -0.15) is 16.8 Å². The van der Waals surface area contributed by atoms with Crippen LogP contribution in [-0.4, -0.2) is 90.8 Å². The van der Waals surface area contributed by atoms with Crippen molar-refractivity contribution in [2.24, 2.45) is 0 Å². The summed E-state index contributed by atoms with van der Waals surface area (Å²) in [6, 6.07) is 5.11. The van der Waals surface area contributed by atoms with Gasteiger partial charge in [0.1, 0.15) is 25.4 Å². The van der Waals surface area contributed by atoms with E-state index < -0.39 is 71.4 Å². The maximum Gasteiger partial charge on any atom is 0.399 e. The van der Waals surface area contributed by atoms with Crippen LogP contribution in [0.15, 0.2) is 24.3 Å². The zero-order valence-corrected chi connectivity index (χ0v) is 39.7. The van der Waals surface area contributed by atoms with Crippen LogP contribution < -0.4 is 0 Å². The van der Waals surface area contributed by atoms with Crippen LogP contribution in [0.4, 0.5) is 0 Å². The van der Waals surface area contributed by atoms with E-state index in [-0.39, 0.29) is 24.3 Å². The van der Waals surface area contributed by atoms with Crippen LogP contribution in [0.1, 0.15) is 214 Å². The van der Waals surface area contributed by atoms with Crippen molar-refractivity contribution in [1.29, 1.82) is 0 Å². The van der Waals surface area contributed by atoms with Crippen molar-refractivity contribution in [2.45, 2.75) is 206 Å². The normalized spacial score (nSPS) is 13.0. The highest BCUT2D eigenvalue weighted by molar-refractivity contribution is 7.82. The number of hydrogen-bond acceptors (Lipinski definition) is 14.